The van der Waals surface area contributed by atoms with Crippen LogP contribution in [0.15, 0.2) is 22.7 Å². The monoisotopic (exact) mass is 350 g/mol. The summed E-state index contributed by atoms with van der Waals surface area (Å²) in [5, 5.41) is 0. The Morgan fingerprint density at radius 3 is 2.71 bits per heavy atom. The third-order valence-electron chi connectivity index (χ3n) is 4.69. The highest BCUT2D eigenvalue weighted by Crippen LogP contribution is 2.24. The van der Waals surface area contributed by atoms with Crippen molar-refractivity contribution in [3.63, 3.8) is 0 Å². The highest BCUT2D eigenvalue weighted by molar-refractivity contribution is 9.10. The van der Waals surface area contributed by atoms with Crippen LogP contribution in [0.3, 0.4) is 0 Å². The van der Waals surface area contributed by atoms with E-state index < -0.39 is 0 Å². The Kier molecular flexibility index (Phi) is 4.65. The van der Waals surface area contributed by atoms with E-state index in [1.807, 2.05) is 30.0 Å². The highest BCUT2D eigenvalue weighted by atomic mass is 79.9. The van der Waals surface area contributed by atoms with Crippen LogP contribution in [0.2, 0.25) is 0 Å². The second-order valence-electron chi connectivity index (χ2n) is 6.27. The molecule has 2 aliphatic heterocycles. The van der Waals surface area contributed by atoms with Crippen LogP contribution in [0, 0.1) is 6.92 Å². The molecule has 0 aromatic heterocycles. The highest BCUT2D eigenvalue weighted by Gasteiger charge is 2.30. The van der Waals surface area contributed by atoms with Crippen LogP contribution in [0.1, 0.15) is 41.6 Å². The van der Waals surface area contributed by atoms with Gasteiger partial charge in [-0.3, -0.25) is 9.69 Å². The van der Waals surface area contributed by atoms with Crippen LogP contribution in [0.4, 0.5) is 0 Å². The van der Waals surface area contributed by atoms with Gasteiger partial charge in [0, 0.05) is 23.6 Å². The van der Waals surface area contributed by atoms with E-state index in [4.69, 9.17) is 0 Å². The fourth-order valence-corrected chi connectivity index (χ4v) is 3.93. The molecule has 1 aromatic rings. The molecule has 0 saturated carbocycles. The molecule has 2 fully saturated rings. The number of likely N-dealkylation sites (tertiary alicyclic amines) is 2. The van der Waals surface area contributed by atoms with Crippen LogP contribution in [0.5, 0.6) is 0 Å². The molecule has 0 radical (unpaired) electrons. The van der Waals surface area contributed by atoms with Crippen molar-refractivity contribution in [3.8, 4) is 0 Å². The fourth-order valence-electron chi connectivity index (χ4n) is 3.52. The van der Waals surface area contributed by atoms with E-state index in [9.17, 15) is 4.79 Å². The molecular formula is C17H23BrN2O. The standard InChI is InChI=1S/C17H23BrN2O/c1-13-6-7-16(18)15(11-13)17(21)20-10-4-5-14(12-20)19-8-2-3-9-19/h6-7,11,14H,2-5,8-10,12H2,1H3. The van der Waals surface area contributed by atoms with Crippen molar-refractivity contribution in [3.05, 3.63) is 33.8 Å². The lowest BCUT2D eigenvalue weighted by Gasteiger charge is -2.37. The summed E-state index contributed by atoms with van der Waals surface area (Å²) in [6.07, 6.45) is 4.98. The Balaban J connectivity index is 1.73. The van der Waals surface area contributed by atoms with E-state index in [1.165, 1.54) is 32.4 Å². The number of hydrogen-bond acceptors (Lipinski definition) is 2. The largest absolute Gasteiger partial charge is 0.337 e. The molecule has 0 aliphatic carbocycles. The summed E-state index contributed by atoms with van der Waals surface area (Å²) in [6.45, 7) is 6.23. The maximum absolute atomic E-state index is 12.8. The second kappa shape index (κ2) is 6.49. The third-order valence-corrected chi connectivity index (χ3v) is 5.38. The molecule has 21 heavy (non-hydrogen) atoms. The van der Waals surface area contributed by atoms with Gasteiger partial charge in [0.2, 0.25) is 0 Å². The Labute approximate surface area is 135 Å². The summed E-state index contributed by atoms with van der Waals surface area (Å²) in [5.74, 6) is 0.175. The number of carbonyl (C=O) groups is 1. The molecule has 2 saturated heterocycles. The van der Waals surface area contributed by atoms with E-state index in [1.54, 1.807) is 0 Å². The zero-order valence-corrected chi connectivity index (χ0v) is 14.2. The predicted molar refractivity (Wildman–Crippen MR) is 88.6 cm³/mol. The molecule has 1 atom stereocenters. The van der Waals surface area contributed by atoms with Crippen LogP contribution in [0.25, 0.3) is 0 Å². The summed E-state index contributed by atoms with van der Waals surface area (Å²) >= 11 is 3.52. The number of carbonyl (C=O) groups excluding carboxylic acids is 1. The molecule has 3 rings (SSSR count). The van der Waals surface area contributed by atoms with Gasteiger partial charge in [0.05, 0.1) is 5.56 Å². The summed E-state index contributed by atoms with van der Waals surface area (Å²) in [5.41, 5.74) is 1.94. The minimum absolute atomic E-state index is 0.175. The molecule has 2 heterocycles. The zero-order valence-electron chi connectivity index (χ0n) is 12.6. The number of piperidine rings is 1. The fraction of sp³-hybridized carbons (Fsp3) is 0.588. The number of halogens is 1. The van der Waals surface area contributed by atoms with E-state index in [0.29, 0.717) is 6.04 Å². The Morgan fingerprint density at radius 1 is 1.19 bits per heavy atom. The molecule has 0 N–H and O–H groups in total. The summed E-state index contributed by atoms with van der Waals surface area (Å²) in [6, 6.07) is 6.56. The Hall–Kier alpha value is -0.870. The van der Waals surface area contributed by atoms with Crippen LogP contribution in [-0.4, -0.2) is 47.9 Å². The number of nitrogens with zero attached hydrogens (tertiary/aromatic N) is 2. The normalized spacial score (nSPS) is 23.5. The first-order chi connectivity index (χ1) is 10.1. The molecule has 1 aromatic carbocycles. The van der Waals surface area contributed by atoms with Crippen molar-refractivity contribution in [2.24, 2.45) is 0 Å². The topological polar surface area (TPSA) is 23.6 Å². The van der Waals surface area contributed by atoms with Crippen molar-refractivity contribution in [1.82, 2.24) is 9.80 Å². The van der Waals surface area contributed by atoms with Crippen LogP contribution in [-0.2, 0) is 0 Å². The van der Waals surface area contributed by atoms with Crippen molar-refractivity contribution in [1.29, 1.82) is 0 Å². The number of hydrogen-bond donors (Lipinski definition) is 0. The molecule has 4 heteroatoms. The van der Waals surface area contributed by atoms with Gasteiger partial charge < -0.3 is 4.90 Å². The Morgan fingerprint density at radius 2 is 1.95 bits per heavy atom. The Bertz CT molecular complexity index is 526. The van der Waals surface area contributed by atoms with Gasteiger partial charge in [0.1, 0.15) is 0 Å². The third kappa shape index (κ3) is 3.32. The van der Waals surface area contributed by atoms with Gasteiger partial charge >= 0.3 is 0 Å². The zero-order chi connectivity index (χ0) is 14.8. The summed E-state index contributed by atoms with van der Waals surface area (Å²) in [7, 11) is 0. The summed E-state index contributed by atoms with van der Waals surface area (Å²) < 4.78 is 0.904. The van der Waals surface area contributed by atoms with E-state index in [2.05, 4.69) is 20.8 Å². The lowest BCUT2D eigenvalue weighted by atomic mass is 10.0. The SMILES string of the molecule is Cc1ccc(Br)c(C(=O)N2CCCC(N3CCCC3)C2)c1. The first-order valence-electron chi connectivity index (χ1n) is 7.94. The first-order valence-corrected chi connectivity index (χ1v) is 8.74. The minimum Gasteiger partial charge on any atom is -0.337 e. The van der Waals surface area contributed by atoms with Crippen molar-refractivity contribution >= 4 is 21.8 Å². The first kappa shape index (κ1) is 15.0. The number of aryl methyl sites for hydroxylation is 1. The van der Waals surface area contributed by atoms with Gasteiger partial charge in [-0.2, -0.15) is 0 Å². The lowest BCUT2D eigenvalue weighted by Crippen LogP contribution is -2.49. The molecule has 2 aliphatic rings. The predicted octanol–water partition coefficient (Wildman–Crippen LogP) is 3.46. The number of benzene rings is 1. The van der Waals surface area contributed by atoms with Gasteiger partial charge in [0.15, 0.2) is 0 Å². The average Bonchev–Trinajstić information content (AvgIpc) is 3.03. The molecule has 0 bridgehead atoms. The van der Waals surface area contributed by atoms with Gasteiger partial charge in [-0.15, -0.1) is 0 Å². The maximum Gasteiger partial charge on any atom is 0.255 e. The van der Waals surface area contributed by atoms with Crippen molar-refractivity contribution in [2.75, 3.05) is 26.2 Å². The summed E-state index contributed by atoms with van der Waals surface area (Å²) in [4.78, 5) is 17.4. The van der Waals surface area contributed by atoms with E-state index >= 15 is 0 Å². The van der Waals surface area contributed by atoms with Crippen molar-refractivity contribution in [2.45, 2.75) is 38.6 Å². The van der Waals surface area contributed by atoms with Crippen molar-refractivity contribution < 1.29 is 4.79 Å². The van der Waals surface area contributed by atoms with Gasteiger partial charge in [-0.05, 0) is 73.8 Å². The maximum atomic E-state index is 12.8. The molecular weight excluding hydrogens is 328 g/mol. The number of amides is 1. The molecule has 1 amide bonds. The van der Waals surface area contributed by atoms with Gasteiger partial charge in [-0.25, -0.2) is 0 Å². The molecule has 0 spiro atoms. The minimum atomic E-state index is 0.175. The second-order valence-corrected chi connectivity index (χ2v) is 7.13. The number of rotatable bonds is 2. The molecule has 114 valence electrons. The average molecular weight is 351 g/mol. The van der Waals surface area contributed by atoms with E-state index in [-0.39, 0.29) is 5.91 Å². The van der Waals surface area contributed by atoms with Crippen LogP contribution >= 0.6 is 15.9 Å². The quantitative estimate of drug-likeness (QED) is 0.815. The van der Waals surface area contributed by atoms with Gasteiger partial charge in [-0.1, -0.05) is 11.6 Å². The molecule has 3 nitrogen and oxygen atoms in total. The van der Waals surface area contributed by atoms with Crippen LogP contribution < -0.4 is 0 Å². The smallest absolute Gasteiger partial charge is 0.255 e. The molecule has 1 unspecified atom stereocenters. The van der Waals surface area contributed by atoms with E-state index in [0.717, 1.165) is 35.1 Å². The van der Waals surface area contributed by atoms with Gasteiger partial charge in [0.25, 0.3) is 5.91 Å². The lowest BCUT2D eigenvalue weighted by molar-refractivity contribution is 0.0607.